The lowest BCUT2D eigenvalue weighted by Gasteiger charge is -2.16. The van der Waals surface area contributed by atoms with Gasteiger partial charge in [0.2, 0.25) is 0 Å². The predicted octanol–water partition coefficient (Wildman–Crippen LogP) is 3.14. The number of allylic oxidation sites excluding steroid dienone is 2. The van der Waals surface area contributed by atoms with Crippen LogP contribution in [-0.2, 0) is 14.3 Å². The third-order valence-corrected chi connectivity index (χ3v) is 4.34. The molecule has 0 spiro atoms. The summed E-state index contributed by atoms with van der Waals surface area (Å²) < 4.78 is 5.09. The van der Waals surface area contributed by atoms with Crippen molar-refractivity contribution < 1.29 is 14.3 Å². The van der Waals surface area contributed by atoms with Gasteiger partial charge < -0.3 is 10.1 Å². The van der Waals surface area contributed by atoms with E-state index in [-0.39, 0.29) is 24.4 Å². The molecule has 1 amide bonds. The number of rotatable bonds is 6. The fourth-order valence-electron chi connectivity index (χ4n) is 2.25. The zero-order valence-corrected chi connectivity index (χ0v) is 13.5. The Labute approximate surface area is 139 Å². The van der Waals surface area contributed by atoms with E-state index in [9.17, 15) is 9.59 Å². The minimum Gasteiger partial charge on any atom is -0.455 e. The molecule has 1 atom stereocenters. The number of benzene rings is 1. The summed E-state index contributed by atoms with van der Waals surface area (Å²) in [6.45, 7) is -0.295. The molecule has 2 rings (SSSR count). The normalized spacial score (nSPS) is 16.4. The van der Waals surface area contributed by atoms with Crippen molar-refractivity contribution in [2.24, 2.45) is 5.92 Å². The lowest BCUT2D eigenvalue weighted by atomic mass is 9.95. The summed E-state index contributed by atoms with van der Waals surface area (Å²) in [5.74, 6) is -0.547. The number of nitrogens with one attached hydrogen (secondary N) is 1. The van der Waals surface area contributed by atoms with Crippen LogP contribution in [0.25, 0.3) is 0 Å². The van der Waals surface area contributed by atoms with Crippen LogP contribution < -0.4 is 5.32 Å². The van der Waals surface area contributed by atoms with Crippen molar-refractivity contribution in [1.29, 1.82) is 5.26 Å². The molecule has 0 fully saturated rings. The van der Waals surface area contributed by atoms with Gasteiger partial charge in [0, 0.05) is 4.90 Å². The summed E-state index contributed by atoms with van der Waals surface area (Å²) in [5.41, 5.74) is 0.620. The van der Waals surface area contributed by atoms with E-state index in [1.807, 2.05) is 30.4 Å². The molecule has 120 valence electrons. The highest BCUT2D eigenvalue weighted by molar-refractivity contribution is 7.99. The van der Waals surface area contributed by atoms with E-state index < -0.39 is 0 Å². The van der Waals surface area contributed by atoms with E-state index in [1.54, 1.807) is 12.1 Å². The average Bonchev–Trinajstić information content (AvgIpc) is 2.59. The zero-order valence-electron chi connectivity index (χ0n) is 12.7. The number of amides is 1. The van der Waals surface area contributed by atoms with E-state index in [1.165, 1.54) is 11.8 Å². The number of carbonyl (C=O) groups is 2. The van der Waals surface area contributed by atoms with Gasteiger partial charge in [-0.25, -0.2) is 0 Å². The maximum Gasteiger partial charge on any atom is 0.309 e. The number of esters is 1. The number of hydrogen-bond donors (Lipinski definition) is 1. The zero-order chi connectivity index (χ0) is 16.5. The number of para-hydroxylation sites is 1. The van der Waals surface area contributed by atoms with Crippen molar-refractivity contribution in [2.45, 2.75) is 24.2 Å². The molecule has 23 heavy (non-hydrogen) atoms. The molecule has 1 aromatic rings. The third-order valence-electron chi connectivity index (χ3n) is 3.40. The second kappa shape index (κ2) is 9.01. The van der Waals surface area contributed by atoms with E-state index in [4.69, 9.17) is 10.00 Å². The van der Waals surface area contributed by atoms with Crippen molar-refractivity contribution in [3.05, 3.63) is 36.4 Å². The lowest BCUT2D eigenvalue weighted by molar-refractivity contribution is -0.151. The van der Waals surface area contributed by atoms with Gasteiger partial charge in [-0.3, -0.25) is 9.59 Å². The quantitative estimate of drug-likeness (QED) is 0.492. The molecule has 0 radical (unpaired) electrons. The summed E-state index contributed by atoms with van der Waals surface area (Å²) in [6.07, 6.45) is 6.33. The van der Waals surface area contributed by atoms with Crippen molar-refractivity contribution in [1.82, 2.24) is 0 Å². The largest absolute Gasteiger partial charge is 0.455 e. The molecule has 1 aliphatic rings. The van der Waals surface area contributed by atoms with Gasteiger partial charge in [-0.1, -0.05) is 24.3 Å². The average molecular weight is 330 g/mol. The summed E-state index contributed by atoms with van der Waals surface area (Å²) >= 11 is 1.34. The highest BCUT2D eigenvalue weighted by atomic mass is 32.2. The van der Waals surface area contributed by atoms with Gasteiger partial charge in [0.25, 0.3) is 5.91 Å². The first-order chi connectivity index (χ1) is 11.2. The lowest BCUT2D eigenvalue weighted by Crippen LogP contribution is -2.25. The van der Waals surface area contributed by atoms with E-state index in [0.717, 1.165) is 17.7 Å². The number of ether oxygens (including phenoxy) is 1. The molecule has 1 aromatic carbocycles. The monoisotopic (exact) mass is 330 g/mol. The maximum atomic E-state index is 11.9. The van der Waals surface area contributed by atoms with Gasteiger partial charge in [0.05, 0.1) is 23.4 Å². The second-order valence-corrected chi connectivity index (χ2v) is 6.10. The smallest absolute Gasteiger partial charge is 0.309 e. The van der Waals surface area contributed by atoms with Gasteiger partial charge in [0.1, 0.15) is 0 Å². The molecule has 1 N–H and O–H groups in total. The molecule has 0 heterocycles. The molecule has 0 aliphatic heterocycles. The SMILES string of the molecule is N#CCSc1ccccc1NC(=O)COC(=O)[C@@H]1CC=CCC1. The summed E-state index contributed by atoms with van der Waals surface area (Å²) in [6, 6.07) is 9.27. The molecule has 0 bridgehead atoms. The van der Waals surface area contributed by atoms with Crippen LogP contribution in [0.3, 0.4) is 0 Å². The first-order valence-corrected chi connectivity index (χ1v) is 8.39. The van der Waals surface area contributed by atoms with Crippen molar-refractivity contribution in [3.8, 4) is 6.07 Å². The molecular formula is C17H18N2O3S. The van der Waals surface area contributed by atoms with Crippen LogP contribution in [0.5, 0.6) is 0 Å². The van der Waals surface area contributed by atoms with E-state index in [2.05, 4.69) is 5.32 Å². The summed E-state index contributed by atoms with van der Waals surface area (Å²) in [4.78, 5) is 24.6. The topological polar surface area (TPSA) is 79.2 Å². The maximum absolute atomic E-state index is 11.9. The summed E-state index contributed by atoms with van der Waals surface area (Å²) in [5, 5.41) is 11.4. The standard InChI is InChI=1S/C17H18N2O3S/c18-10-11-23-15-9-5-4-8-14(15)19-16(20)12-22-17(21)13-6-2-1-3-7-13/h1-2,4-5,8-9,13H,3,6-7,11-12H2,(H,19,20)/t13-/m1/s1. The Balaban J connectivity index is 1.84. The molecule has 5 nitrogen and oxygen atoms in total. The van der Waals surface area contributed by atoms with Crippen LogP contribution in [-0.4, -0.2) is 24.2 Å². The first-order valence-electron chi connectivity index (χ1n) is 7.41. The number of thioether (sulfide) groups is 1. The minimum atomic E-state index is -0.380. The molecule has 6 heteroatoms. The molecule has 0 saturated heterocycles. The van der Waals surface area contributed by atoms with Crippen molar-refractivity contribution in [2.75, 3.05) is 17.7 Å². The molecule has 0 saturated carbocycles. The third kappa shape index (κ3) is 5.46. The van der Waals surface area contributed by atoms with Crippen LogP contribution in [0.1, 0.15) is 19.3 Å². The number of nitrogens with zero attached hydrogens (tertiary/aromatic N) is 1. The van der Waals surface area contributed by atoms with Gasteiger partial charge in [-0.05, 0) is 31.4 Å². The molecule has 0 aromatic heterocycles. The number of nitriles is 1. The van der Waals surface area contributed by atoms with Crippen LogP contribution in [0.15, 0.2) is 41.3 Å². The van der Waals surface area contributed by atoms with Crippen molar-refractivity contribution >= 4 is 29.3 Å². The molecule has 1 aliphatic carbocycles. The number of anilines is 1. The van der Waals surface area contributed by atoms with Gasteiger partial charge in [-0.2, -0.15) is 5.26 Å². The predicted molar refractivity (Wildman–Crippen MR) is 88.8 cm³/mol. The van der Waals surface area contributed by atoms with Crippen LogP contribution in [0.4, 0.5) is 5.69 Å². The van der Waals surface area contributed by atoms with E-state index in [0.29, 0.717) is 17.9 Å². The fraction of sp³-hybridized carbons (Fsp3) is 0.353. The van der Waals surface area contributed by atoms with E-state index >= 15 is 0 Å². The number of hydrogen-bond acceptors (Lipinski definition) is 5. The van der Waals surface area contributed by atoms with Crippen LogP contribution in [0, 0.1) is 17.2 Å². The van der Waals surface area contributed by atoms with Gasteiger partial charge in [-0.15, -0.1) is 11.8 Å². The Kier molecular flexibility index (Phi) is 6.70. The van der Waals surface area contributed by atoms with Gasteiger partial charge in [0.15, 0.2) is 6.61 Å². The highest BCUT2D eigenvalue weighted by Gasteiger charge is 2.21. The molecule has 0 unspecified atom stereocenters. The minimum absolute atomic E-state index is 0.147. The highest BCUT2D eigenvalue weighted by Crippen LogP contribution is 2.26. The van der Waals surface area contributed by atoms with Gasteiger partial charge >= 0.3 is 5.97 Å². The van der Waals surface area contributed by atoms with Crippen molar-refractivity contribution in [3.63, 3.8) is 0 Å². The Morgan fingerprint density at radius 3 is 2.91 bits per heavy atom. The summed E-state index contributed by atoms with van der Waals surface area (Å²) in [7, 11) is 0. The Morgan fingerprint density at radius 1 is 1.35 bits per heavy atom. The Bertz CT molecular complexity index is 637. The number of carbonyl (C=O) groups excluding carboxylic acids is 2. The Hall–Kier alpha value is -2.26. The second-order valence-electron chi connectivity index (χ2n) is 5.08. The molecular weight excluding hydrogens is 312 g/mol. The fourth-order valence-corrected chi connectivity index (χ4v) is 2.92. The first kappa shape index (κ1) is 17.1. The Morgan fingerprint density at radius 2 is 2.17 bits per heavy atom. The van der Waals surface area contributed by atoms with Crippen LogP contribution in [0.2, 0.25) is 0 Å². The van der Waals surface area contributed by atoms with Crippen LogP contribution >= 0.6 is 11.8 Å².